The van der Waals surface area contributed by atoms with Crippen molar-refractivity contribution in [3.05, 3.63) is 52.2 Å². The predicted molar refractivity (Wildman–Crippen MR) is 100 cm³/mol. The molecule has 8 heteroatoms. The van der Waals surface area contributed by atoms with Crippen LogP contribution in [0.3, 0.4) is 0 Å². The summed E-state index contributed by atoms with van der Waals surface area (Å²) in [5, 5.41) is 9.29. The first-order chi connectivity index (χ1) is 12.6. The third-order valence-electron chi connectivity index (χ3n) is 3.69. The van der Waals surface area contributed by atoms with Gasteiger partial charge in [-0.2, -0.15) is 4.98 Å². The highest BCUT2D eigenvalue weighted by molar-refractivity contribution is 7.13. The van der Waals surface area contributed by atoms with Crippen molar-refractivity contribution in [1.82, 2.24) is 15.5 Å². The average molecular weight is 392 g/mol. The van der Waals surface area contributed by atoms with Crippen molar-refractivity contribution in [3.63, 3.8) is 0 Å². The summed E-state index contributed by atoms with van der Waals surface area (Å²) in [6.07, 6.45) is -0.0899. The van der Waals surface area contributed by atoms with Gasteiger partial charge in [-0.25, -0.2) is 0 Å². The van der Waals surface area contributed by atoms with Gasteiger partial charge in [0.25, 0.3) is 5.91 Å². The fourth-order valence-electron chi connectivity index (χ4n) is 2.29. The molecule has 1 amide bonds. The van der Waals surface area contributed by atoms with E-state index in [2.05, 4.69) is 15.5 Å². The highest BCUT2D eigenvalue weighted by atomic mass is 35.5. The Balaban J connectivity index is 1.58. The van der Waals surface area contributed by atoms with E-state index in [9.17, 15) is 4.79 Å². The number of carbonyl (C=O) groups excluding carboxylic acids is 1. The number of halogens is 1. The summed E-state index contributed by atoms with van der Waals surface area (Å²) < 4.78 is 11.0. The smallest absolute Gasteiger partial charge is 0.261 e. The maximum atomic E-state index is 12.4. The minimum atomic E-state index is -0.615. The van der Waals surface area contributed by atoms with Crippen molar-refractivity contribution in [3.8, 4) is 16.5 Å². The SMILES string of the molecule is CC[C@H](Oc1ccc(Cl)c(C)c1)C(=O)NCc1nc(-c2cccs2)no1. The molecule has 136 valence electrons. The number of thiophene rings is 1. The van der Waals surface area contributed by atoms with Crippen molar-refractivity contribution in [2.45, 2.75) is 32.9 Å². The molecule has 2 heterocycles. The van der Waals surface area contributed by atoms with E-state index in [-0.39, 0.29) is 12.5 Å². The topological polar surface area (TPSA) is 77.2 Å². The van der Waals surface area contributed by atoms with Crippen LogP contribution in [0.4, 0.5) is 0 Å². The summed E-state index contributed by atoms with van der Waals surface area (Å²) in [4.78, 5) is 17.6. The molecule has 6 nitrogen and oxygen atoms in total. The highest BCUT2D eigenvalue weighted by Crippen LogP contribution is 2.23. The summed E-state index contributed by atoms with van der Waals surface area (Å²) >= 11 is 7.54. The lowest BCUT2D eigenvalue weighted by Gasteiger charge is -2.17. The highest BCUT2D eigenvalue weighted by Gasteiger charge is 2.19. The molecule has 0 radical (unpaired) electrons. The summed E-state index contributed by atoms with van der Waals surface area (Å²) in [6.45, 7) is 3.92. The molecule has 0 aliphatic carbocycles. The number of benzene rings is 1. The number of hydrogen-bond donors (Lipinski definition) is 1. The molecule has 0 bridgehead atoms. The third kappa shape index (κ3) is 4.42. The summed E-state index contributed by atoms with van der Waals surface area (Å²) in [5.41, 5.74) is 0.895. The Morgan fingerprint density at radius 2 is 2.27 bits per heavy atom. The quantitative estimate of drug-likeness (QED) is 0.652. The van der Waals surface area contributed by atoms with Gasteiger partial charge >= 0.3 is 0 Å². The number of nitrogens with one attached hydrogen (secondary N) is 1. The Morgan fingerprint density at radius 3 is 2.96 bits per heavy atom. The Hall–Kier alpha value is -2.38. The molecule has 3 rings (SSSR count). The fraction of sp³-hybridized carbons (Fsp3) is 0.278. The molecule has 1 aromatic carbocycles. The monoisotopic (exact) mass is 391 g/mol. The van der Waals surface area contributed by atoms with Gasteiger partial charge in [0.1, 0.15) is 5.75 Å². The number of carbonyl (C=O) groups is 1. The molecular formula is C18H18ClN3O3S. The molecule has 26 heavy (non-hydrogen) atoms. The molecule has 0 saturated carbocycles. The van der Waals surface area contributed by atoms with E-state index < -0.39 is 6.10 Å². The van der Waals surface area contributed by atoms with Crippen LogP contribution >= 0.6 is 22.9 Å². The van der Waals surface area contributed by atoms with Crippen LogP contribution in [0.1, 0.15) is 24.8 Å². The number of ether oxygens (including phenoxy) is 1. The average Bonchev–Trinajstić information content (AvgIpc) is 3.31. The number of aromatic nitrogens is 2. The van der Waals surface area contributed by atoms with Gasteiger partial charge in [0.05, 0.1) is 11.4 Å². The van der Waals surface area contributed by atoms with Gasteiger partial charge in [0, 0.05) is 5.02 Å². The molecule has 2 aromatic heterocycles. The van der Waals surface area contributed by atoms with Crippen LogP contribution in [0.2, 0.25) is 5.02 Å². The normalized spacial score (nSPS) is 12.0. The van der Waals surface area contributed by atoms with E-state index in [0.717, 1.165) is 10.4 Å². The zero-order valence-electron chi connectivity index (χ0n) is 14.4. The lowest BCUT2D eigenvalue weighted by Crippen LogP contribution is -2.37. The number of rotatable bonds is 7. The van der Waals surface area contributed by atoms with E-state index in [1.54, 1.807) is 12.1 Å². The van der Waals surface area contributed by atoms with Crippen molar-refractivity contribution >= 4 is 28.8 Å². The number of hydrogen-bond acceptors (Lipinski definition) is 6. The van der Waals surface area contributed by atoms with Gasteiger partial charge in [-0.1, -0.05) is 29.7 Å². The zero-order valence-corrected chi connectivity index (χ0v) is 15.9. The molecule has 0 saturated heterocycles. The van der Waals surface area contributed by atoms with Gasteiger partial charge < -0.3 is 14.6 Å². The Bertz CT molecular complexity index is 880. The van der Waals surface area contributed by atoms with E-state index in [1.807, 2.05) is 37.4 Å². The molecule has 1 N–H and O–H groups in total. The molecule has 0 fully saturated rings. The minimum absolute atomic E-state index is 0.150. The summed E-state index contributed by atoms with van der Waals surface area (Å²) in [5.74, 6) is 1.23. The van der Waals surface area contributed by atoms with Gasteiger partial charge in [0.15, 0.2) is 6.10 Å². The van der Waals surface area contributed by atoms with Crippen molar-refractivity contribution in [2.24, 2.45) is 0 Å². The third-order valence-corrected chi connectivity index (χ3v) is 4.98. The fourth-order valence-corrected chi connectivity index (χ4v) is 3.05. The number of nitrogens with zero attached hydrogens (tertiary/aromatic N) is 2. The number of amides is 1. The van der Waals surface area contributed by atoms with Gasteiger partial charge in [-0.15, -0.1) is 11.3 Å². The first kappa shape index (κ1) is 18.4. The maximum absolute atomic E-state index is 12.4. The Kier molecular flexibility index (Phi) is 5.90. The molecule has 0 unspecified atom stereocenters. The molecular weight excluding hydrogens is 374 g/mol. The molecule has 0 aliphatic rings. The molecule has 0 spiro atoms. The molecule has 0 aliphatic heterocycles. The standard InChI is InChI=1S/C18H18ClN3O3S/c1-3-14(24-12-6-7-13(19)11(2)9-12)18(23)20-10-16-21-17(22-25-16)15-5-4-8-26-15/h4-9,14H,3,10H2,1-2H3,(H,20,23)/t14-/m0/s1. The van der Waals surface area contributed by atoms with Crippen LogP contribution < -0.4 is 10.1 Å². The van der Waals surface area contributed by atoms with Crippen LogP contribution in [0.15, 0.2) is 40.2 Å². The van der Waals surface area contributed by atoms with Crippen LogP contribution in [0.25, 0.3) is 10.7 Å². The lowest BCUT2D eigenvalue weighted by molar-refractivity contribution is -0.128. The zero-order chi connectivity index (χ0) is 18.5. The second kappa shape index (κ2) is 8.33. The van der Waals surface area contributed by atoms with Gasteiger partial charge in [-0.3, -0.25) is 4.79 Å². The van der Waals surface area contributed by atoms with Crippen LogP contribution in [0, 0.1) is 6.92 Å². The van der Waals surface area contributed by atoms with E-state index in [4.69, 9.17) is 20.9 Å². The van der Waals surface area contributed by atoms with Crippen molar-refractivity contribution < 1.29 is 14.1 Å². The maximum Gasteiger partial charge on any atom is 0.261 e. The van der Waals surface area contributed by atoms with Crippen molar-refractivity contribution in [2.75, 3.05) is 0 Å². The second-order valence-electron chi connectivity index (χ2n) is 5.63. The van der Waals surface area contributed by atoms with Gasteiger partial charge in [0.2, 0.25) is 11.7 Å². The van der Waals surface area contributed by atoms with Crippen molar-refractivity contribution in [1.29, 1.82) is 0 Å². The predicted octanol–water partition coefficient (Wildman–Crippen LogP) is 4.23. The first-order valence-electron chi connectivity index (χ1n) is 8.13. The van der Waals surface area contributed by atoms with Crippen LogP contribution in [-0.2, 0) is 11.3 Å². The van der Waals surface area contributed by atoms with E-state index >= 15 is 0 Å². The largest absolute Gasteiger partial charge is 0.481 e. The Labute approximate surface area is 160 Å². The van der Waals surface area contributed by atoms with E-state index in [0.29, 0.717) is 28.9 Å². The Morgan fingerprint density at radius 1 is 1.42 bits per heavy atom. The van der Waals surface area contributed by atoms with Crippen LogP contribution in [-0.4, -0.2) is 22.2 Å². The summed E-state index contributed by atoms with van der Waals surface area (Å²) in [6, 6.07) is 9.13. The molecule has 3 aromatic rings. The van der Waals surface area contributed by atoms with Crippen LogP contribution in [0.5, 0.6) is 5.75 Å². The number of aryl methyl sites for hydroxylation is 1. The lowest BCUT2D eigenvalue weighted by atomic mass is 10.2. The second-order valence-corrected chi connectivity index (χ2v) is 6.99. The minimum Gasteiger partial charge on any atom is -0.481 e. The molecule has 1 atom stereocenters. The summed E-state index contributed by atoms with van der Waals surface area (Å²) in [7, 11) is 0. The first-order valence-corrected chi connectivity index (χ1v) is 9.39. The van der Waals surface area contributed by atoms with E-state index in [1.165, 1.54) is 11.3 Å². The van der Waals surface area contributed by atoms with Gasteiger partial charge in [-0.05, 0) is 48.6 Å².